The topological polar surface area (TPSA) is 52.3 Å². The van der Waals surface area contributed by atoms with E-state index >= 15 is 0 Å². The van der Waals surface area contributed by atoms with E-state index < -0.39 is 11.8 Å². The molecule has 1 aromatic rings. The summed E-state index contributed by atoms with van der Waals surface area (Å²) in [6, 6.07) is 2.60. The van der Waals surface area contributed by atoms with Gasteiger partial charge in [0, 0.05) is 5.69 Å². The normalized spacial score (nSPS) is 9.77. The van der Waals surface area contributed by atoms with Gasteiger partial charge in [0.1, 0.15) is 0 Å². The lowest BCUT2D eigenvalue weighted by molar-refractivity contribution is 0.0595. The average molecular weight is 248 g/mol. The molecule has 0 radical (unpaired) electrons. The van der Waals surface area contributed by atoms with Crippen molar-refractivity contribution in [3.8, 4) is 0 Å². The molecule has 0 saturated heterocycles. The largest absolute Gasteiger partial charge is 0.465 e. The first kappa shape index (κ1) is 9.98. The van der Waals surface area contributed by atoms with Crippen molar-refractivity contribution in [2.75, 3.05) is 12.8 Å². The molecule has 0 heterocycles. The van der Waals surface area contributed by atoms with E-state index in [0.717, 1.165) is 0 Å². The number of anilines is 1. The fourth-order valence-corrected chi connectivity index (χ4v) is 1.35. The summed E-state index contributed by atoms with van der Waals surface area (Å²) in [7, 11) is 1.18. The van der Waals surface area contributed by atoms with Crippen molar-refractivity contribution in [2.45, 2.75) is 0 Å². The number of carbonyl (C=O) groups is 1. The van der Waals surface area contributed by atoms with Crippen molar-refractivity contribution >= 4 is 27.6 Å². The molecule has 5 heteroatoms. The van der Waals surface area contributed by atoms with Gasteiger partial charge in [-0.1, -0.05) is 0 Å². The highest BCUT2D eigenvalue weighted by Crippen LogP contribution is 2.23. The highest BCUT2D eigenvalue weighted by Gasteiger charge is 2.15. The van der Waals surface area contributed by atoms with Crippen LogP contribution in [0.25, 0.3) is 0 Å². The van der Waals surface area contributed by atoms with Gasteiger partial charge in [-0.3, -0.25) is 0 Å². The minimum atomic E-state index is -0.745. The van der Waals surface area contributed by atoms with Crippen LogP contribution in [0.3, 0.4) is 0 Å². The molecule has 0 amide bonds. The molecule has 0 fully saturated rings. The van der Waals surface area contributed by atoms with Crippen LogP contribution < -0.4 is 5.73 Å². The van der Waals surface area contributed by atoms with Crippen molar-refractivity contribution in [1.82, 2.24) is 0 Å². The van der Waals surface area contributed by atoms with Crippen molar-refractivity contribution in [1.29, 1.82) is 0 Å². The van der Waals surface area contributed by atoms with Crippen LogP contribution in [-0.4, -0.2) is 13.1 Å². The maximum Gasteiger partial charge on any atom is 0.340 e. The van der Waals surface area contributed by atoms with Gasteiger partial charge in [0.2, 0.25) is 0 Å². The molecule has 0 bridgehead atoms. The van der Waals surface area contributed by atoms with Gasteiger partial charge in [-0.25, -0.2) is 9.18 Å². The van der Waals surface area contributed by atoms with Crippen molar-refractivity contribution in [3.05, 3.63) is 28.0 Å². The number of carbonyl (C=O) groups excluding carboxylic acids is 1. The van der Waals surface area contributed by atoms with E-state index in [4.69, 9.17) is 5.73 Å². The lowest BCUT2D eigenvalue weighted by Gasteiger charge is -2.03. The number of halogens is 2. The maximum atomic E-state index is 13.2. The first-order valence-corrected chi connectivity index (χ1v) is 4.18. The Labute approximate surface area is 82.8 Å². The Kier molecular flexibility index (Phi) is 2.87. The number of nitrogen functional groups attached to an aromatic ring is 1. The Morgan fingerprint density at radius 1 is 1.62 bits per heavy atom. The van der Waals surface area contributed by atoms with Crippen LogP contribution in [-0.2, 0) is 4.74 Å². The minimum absolute atomic E-state index is 0.146. The second-order valence-electron chi connectivity index (χ2n) is 2.36. The number of esters is 1. The second-order valence-corrected chi connectivity index (χ2v) is 3.21. The van der Waals surface area contributed by atoms with Crippen LogP contribution in [0.1, 0.15) is 10.4 Å². The predicted octanol–water partition coefficient (Wildman–Crippen LogP) is 1.96. The Morgan fingerprint density at radius 3 is 2.77 bits per heavy atom. The molecule has 0 unspecified atom stereocenters. The summed E-state index contributed by atoms with van der Waals surface area (Å²) in [5, 5.41) is 0. The van der Waals surface area contributed by atoms with Gasteiger partial charge in [0.05, 0.1) is 17.1 Å². The van der Waals surface area contributed by atoms with E-state index in [1.54, 1.807) is 0 Å². The van der Waals surface area contributed by atoms with Gasteiger partial charge in [-0.2, -0.15) is 0 Å². The summed E-state index contributed by atoms with van der Waals surface area (Å²) in [6.07, 6.45) is 0. The number of nitrogens with two attached hydrogens (primary N) is 1. The molecule has 2 N–H and O–H groups in total. The van der Waals surface area contributed by atoms with Crippen LogP contribution in [0.4, 0.5) is 10.1 Å². The van der Waals surface area contributed by atoms with Crippen LogP contribution in [0.5, 0.6) is 0 Å². The molecule has 1 rings (SSSR count). The number of methoxy groups -OCH3 is 1. The molecule has 13 heavy (non-hydrogen) atoms. The first-order valence-electron chi connectivity index (χ1n) is 3.39. The monoisotopic (exact) mass is 247 g/mol. The second kappa shape index (κ2) is 3.74. The van der Waals surface area contributed by atoms with Gasteiger partial charge < -0.3 is 10.5 Å². The van der Waals surface area contributed by atoms with E-state index in [0.29, 0.717) is 5.69 Å². The van der Waals surface area contributed by atoms with Crippen molar-refractivity contribution in [3.63, 3.8) is 0 Å². The molecule has 0 atom stereocenters. The maximum absolute atomic E-state index is 13.2. The molecular weight excluding hydrogens is 241 g/mol. The van der Waals surface area contributed by atoms with Gasteiger partial charge in [-0.05, 0) is 28.1 Å². The number of rotatable bonds is 1. The Hall–Kier alpha value is -1.10. The molecule has 3 nitrogen and oxygen atoms in total. The lowest BCUT2D eigenvalue weighted by atomic mass is 10.2. The molecule has 0 aliphatic carbocycles. The summed E-state index contributed by atoms with van der Waals surface area (Å²) in [5.74, 6) is -1.41. The highest BCUT2D eigenvalue weighted by molar-refractivity contribution is 9.10. The van der Waals surface area contributed by atoms with Crippen LogP contribution >= 0.6 is 15.9 Å². The zero-order valence-electron chi connectivity index (χ0n) is 6.80. The summed E-state index contributed by atoms with van der Waals surface area (Å²) in [4.78, 5) is 11.0. The molecule has 0 spiro atoms. The van der Waals surface area contributed by atoms with Crippen LogP contribution in [0.15, 0.2) is 16.6 Å². The summed E-state index contributed by atoms with van der Waals surface area (Å²) in [5.41, 5.74) is 5.54. The van der Waals surface area contributed by atoms with Crippen molar-refractivity contribution in [2.24, 2.45) is 0 Å². The third-order valence-corrected chi connectivity index (χ3v) is 2.03. The minimum Gasteiger partial charge on any atom is -0.465 e. The van der Waals surface area contributed by atoms with Gasteiger partial charge >= 0.3 is 5.97 Å². The molecular formula is C8H7BrFNO2. The fraction of sp³-hybridized carbons (Fsp3) is 0.125. The van der Waals surface area contributed by atoms with E-state index in [1.807, 2.05) is 0 Å². The molecule has 0 aliphatic rings. The van der Waals surface area contributed by atoms with E-state index in [1.165, 1.54) is 19.2 Å². The molecule has 70 valence electrons. The SMILES string of the molecule is COC(=O)c1cc(N)cc(Br)c1F. The predicted molar refractivity (Wildman–Crippen MR) is 49.9 cm³/mol. The summed E-state index contributed by atoms with van der Waals surface area (Å²) < 4.78 is 17.7. The van der Waals surface area contributed by atoms with Gasteiger partial charge in [0.25, 0.3) is 0 Å². The number of ether oxygens (including phenoxy) is 1. The smallest absolute Gasteiger partial charge is 0.340 e. The number of hydrogen-bond acceptors (Lipinski definition) is 3. The molecule has 0 saturated carbocycles. The van der Waals surface area contributed by atoms with Crippen LogP contribution in [0, 0.1) is 5.82 Å². The molecule has 0 aromatic heterocycles. The summed E-state index contributed by atoms with van der Waals surface area (Å²) >= 11 is 2.93. The third-order valence-electron chi connectivity index (χ3n) is 1.46. The van der Waals surface area contributed by atoms with Crippen molar-refractivity contribution < 1.29 is 13.9 Å². The van der Waals surface area contributed by atoms with E-state index in [9.17, 15) is 9.18 Å². The number of benzene rings is 1. The Morgan fingerprint density at radius 2 is 2.23 bits per heavy atom. The Balaban J connectivity index is 3.28. The average Bonchev–Trinajstić information content (AvgIpc) is 2.10. The van der Waals surface area contributed by atoms with Crippen LogP contribution in [0.2, 0.25) is 0 Å². The summed E-state index contributed by atoms with van der Waals surface area (Å²) in [6.45, 7) is 0. The lowest BCUT2D eigenvalue weighted by Crippen LogP contribution is -2.06. The zero-order valence-corrected chi connectivity index (χ0v) is 8.39. The first-order chi connectivity index (χ1) is 6.06. The number of hydrogen-bond donors (Lipinski definition) is 1. The molecule has 1 aromatic carbocycles. The highest BCUT2D eigenvalue weighted by atomic mass is 79.9. The fourth-order valence-electron chi connectivity index (χ4n) is 0.869. The van der Waals surface area contributed by atoms with E-state index in [-0.39, 0.29) is 10.0 Å². The Bertz CT molecular complexity index is 354. The standard InChI is InChI=1S/C8H7BrFNO2/c1-13-8(12)5-2-4(11)3-6(9)7(5)10/h2-3H,11H2,1H3. The zero-order chi connectivity index (χ0) is 10.0. The third kappa shape index (κ3) is 1.98. The quantitative estimate of drug-likeness (QED) is 0.610. The molecule has 0 aliphatic heterocycles. The van der Waals surface area contributed by atoms with E-state index in [2.05, 4.69) is 20.7 Å². The van der Waals surface area contributed by atoms with Gasteiger partial charge in [-0.15, -0.1) is 0 Å². The van der Waals surface area contributed by atoms with Gasteiger partial charge in [0.15, 0.2) is 5.82 Å².